The molecule has 1 N–H and O–H groups in total. The Labute approximate surface area is 129 Å². The van der Waals surface area contributed by atoms with Gasteiger partial charge in [-0.05, 0) is 32.9 Å². The molecule has 0 radical (unpaired) electrons. The van der Waals surface area contributed by atoms with Gasteiger partial charge >= 0.3 is 0 Å². The standard InChI is InChI=1S/C18H29NO2/c1-6-10-19-12-17(2,3)13-20-15-9-7-8-14-11-18(4,5)21-16(14)15/h7-9,19H,6,10-13H2,1-5H3. The molecule has 0 spiro atoms. The third-order valence-corrected chi connectivity index (χ3v) is 3.70. The Hall–Kier alpha value is -1.22. The molecule has 1 aromatic carbocycles. The molecule has 3 heteroatoms. The van der Waals surface area contributed by atoms with E-state index < -0.39 is 0 Å². The number of hydrogen-bond donors (Lipinski definition) is 1. The molecule has 0 amide bonds. The summed E-state index contributed by atoms with van der Waals surface area (Å²) in [5, 5.41) is 3.47. The smallest absolute Gasteiger partial charge is 0.165 e. The van der Waals surface area contributed by atoms with Crippen LogP contribution in [0.3, 0.4) is 0 Å². The average molecular weight is 291 g/mol. The number of rotatable bonds is 7. The molecular formula is C18H29NO2. The molecular weight excluding hydrogens is 262 g/mol. The minimum atomic E-state index is -0.125. The first kappa shape index (κ1) is 16.2. The maximum atomic E-state index is 6.07. The molecule has 1 aliphatic rings. The molecule has 0 bridgehead atoms. The monoisotopic (exact) mass is 291 g/mol. The molecule has 0 saturated heterocycles. The van der Waals surface area contributed by atoms with Gasteiger partial charge in [0.2, 0.25) is 0 Å². The van der Waals surface area contributed by atoms with E-state index >= 15 is 0 Å². The SMILES string of the molecule is CCCNCC(C)(C)COc1cccc2c1OC(C)(C)C2. The van der Waals surface area contributed by atoms with Gasteiger partial charge in [-0.1, -0.05) is 32.9 Å². The van der Waals surface area contributed by atoms with Crippen LogP contribution in [0.4, 0.5) is 0 Å². The highest BCUT2D eigenvalue weighted by Crippen LogP contribution is 2.42. The first-order valence-electron chi connectivity index (χ1n) is 7.97. The van der Waals surface area contributed by atoms with Crippen LogP contribution in [0.25, 0.3) is 0 Å². The van der Waals surface area contributed by atoms with Gasteiger partial charge in [-0.15, -0.1) is 0 Å². The van der Waals surface area contributed by atoms with Crippen molar-refractivity contribution in [3.05, 3.63) is 23.8 Å². The van der Waals surface area contributed by atoms with Crippen molar-refractivity contribution in [2.75, 3.05) is 19.7 Å². The Bertz CT molecular complexity index is 480. The summed E-state index contributed by atoms with van der Waals surface area (Å²) >= 11 is 0. The Kier molecular flexibility index (Phi) is 4.82. The molecule has 2 rings (SSSR count). The lowest BCUT2D eigenvalue weighted by Crippen LogP contribution is -2.34. The van der Waals surface area contributed by atoms with Gasteiger partial charge in [0.15, 0.2) is 11.5 Å². The normalized spacial score (nSPS) is 16.4. The lowest BCUT2D eigenvalue weighted by Gasteiger charge is -2.26. The quantitative estimate of drug-likeness (QED) is 0.775. The van der Waals surface area contributed by atoms with Gasteiger partial charge in [0.1, 0.15) is 5.60 Å². The molecule has 118 valence electrons. The number of ether oxygens (including phenoxy) is 2. The van der Waals surface area contributed by atoms with Gasteiger partial charge in [0, 0.05) is 23.9 Å². The molecule has 0 fully saturated rings. The summed E-state index contributed by atoms with van der Waals surface area (Å²) in [7, 11) is 0. The van der Waals surface area contributed by atoms with E-state index in [1.807, 2.05) is 6.07 Å². The first-order valence-corrected chi connectivity index (χ1v) is 7.97. The maximum absolute atomic E-state index is 6.07. The van der Waals surface area contributed by atoms with Crippen LogP contribution in [-0.4, -0.2) is 25.3 Å². The molecule has 0 unspecified atom stereocenters. The summed E-state index contributed by atoms with van der Waals surface area (Å²) in [6, 6.07) is 6.20. The molecule has 1 heterocycles. The minimum Gasteiger partial charge on any atom is -0.489 e. The second kappa shape index (κ2) is 6.27. The van der Waals surface area contributed by atoms with Gasteiger partial charge in [-0.3, -0.25) is 0 Å². The summed E-state index contributed by atoms with van der Waals surface area (Å²) in [6.45, 7) is 13.6. The van der Waals surface area contributed by atoms with Crippen LogP contribution in [0.5, 0.6) is 11.5 Å². The second-order valence-electron chi connectivity index (χ2n) is 7.41. The number of benzene rings is 1. The molecule has 0 atom stereocenters. The molecule has 0 saturated carbocycles. The predicted molar refractivity (Wildman–Crippen MR) is 87.3 cm³/mol. The summed E-state index contributed by atoms with van der Waals surface area (Å²) in [4.78, 5) is 0. The van der Waals surface area contributed by atoms with E-state index in [2.05, 4.69) is 52.1 Å². The van der Waals surface area contributed by atoms with E-state index in [9.17, 15) is 0 Å². The average Bonchev–Trinajstić information content (AvgIpc) is 2.71. The number of para-hydroxylation sites is 1. The third-order valence-electron chi connectivity index (χ3n) is 3.70. The van der Waals surface area contributed by atoms with Crippen molar-refractivity contribution in [3.63, 3.8) is 0 Å². The Morgan fingerprint density at radius 3 is 2.81 bits per heavy atom. The van der Waals surface area contributed by atoms with Crippen molar-refractivity contribution in [3.8, 4) is 11.5 Å². The minimum absolute atomic E-state index is 0.103. The van der Waals surface area contributed by atoms with Gasteiger partial charge in [-0.25, -0.2) is 0 Å². The van der Waals surface area contributed by atoms with Crippen molar-refractivity contribution in [1.82, 2.24) is 5.32 Å². The van der Waals surface area contributed by atoms with Gasteiger partial charge in [0.25, 0.3) is 0 Å². The number of hydrogen-bond acceptors (Lipinski definition) is 3. The Morgan fingerprint density at radius 2 is 2.10 bits per heavy atom. The number of fused-ring (bicyclic) bond motifs is 1. The topological polar surface area (TPSA) is 30.5 Å². The largest absolute Gasteiger partial charge is 0.489 e. The van der Waals surface area contributed by atoms with Crippen molar-refractivity contribution < 1.29 is 9.47 Å². The molecule has 3 nitrogen and oxygen atoms in total. The number of nitrogens with one attached hydrogen (secondary N) is 1. The van der Waals surface area contributed by atoms with E-state index in [-0.39, 0.29) is 11.0 Å². The van der Waals surface area contributed by atoms with Crippen molar-refractivity contribution in [1.29, 1.82) is 0 Å². The van der Waals surface area contributed by atoms with Gasteiger partial charge in [0.05, 0.1) is 6.61 Å². The van der Waals surface area contributed by atoms with E-state index in [0.29, 0.717) is 6.61 Å². The zero-order chi connectivity index (χ0) is 15.5. The zero-order valence-electron chi connectivity index (χ0n) is 14.1. The van der Waals surface area contributed by atoms with Crippen LogP contribution in [0.2, 0.25) is 0 Å². The predicted octanol–water partition coefficient (Wildman–Crippen LogP) is 3.80. The van der Waals surface area contributed by atoms with Crippen molar-refractivity contribution >= 4 is 0 Å². The molecule has 21 heavy (non-hydrogen) atoms. The molecule has 0 aliphatic carbocycles. The molecule has 1 aliphatic heterocycles. The van der Waals surface area contributed by atoms with E-state index in [4.69, 9.17) is 9.47 Å². The van der Waals surface area contributed by atoms with Crippen LogP contribution in [0, 0.1) is 5.41 Å². The van der Waals surface area contributed by atoms with Crippen molar-refractivity contribution in [2.24, 2.45) is 5.41 Å². The highest BCUT2D eigenvalue weighted by atomic mass is 16.5. The van der Waals surface area contributed by atoms with Gasteiger partial charge in [-0.2, -0.15) is 0 Å². The molecule has 1 aromatic rings. The first-order chi connectivity index (χ1) is 9.83. The summed E-state index contributed by atoms with van der Waals surface area (Å²) in [6.07, 6.45) is 2.10. The van der Waals surface area contributed by atoms with E-state index in [1.54, 1.807) is 0 Å². The lowest BCUT2D eigenvalue weighted by atomic mass is 9.95. The zero-order valence-corrected chi connectivity index (χ0v) is 14.1. The van der Waals surface area contributed by atoms with Crippen LogP contribution < -0.4 is 14.8 Å². The fraction of sp³-hybridized carbons (Fsp3) is 0.667. The maximum Gasteiger partial charge on any atom is 0.165 e. The molecule has 0 aromatic heterocycles. The Morgan fingerprint density at radius 1 is 1.33 bits per heavy atom. The highest BCUT2D eigenvalue weighted by molar-refractivity contribution is 5.50. The van der Waals surface area contributed by atoms with Crippen LogP contribution in [0.1, 0.15) is 46.6 Å². The van der Waals surface area contributed by atoms with E-state index in [1.165, 1.54) is 5.56 Å². The summed E-state index contributed by atoms with van der Waals surface area (Å²) in [5.41, 5.74) is 1.23. The Balaban J connectivity index is 1.97. The lowest BCUT2D eigenvalue weighted by molar-refractivity contribution is 0.124. The summed E-state index contributed by atoms with van der Waals surface area (Å²) in [5.74, 6) is 1.81. The van der Waals surface area contributed by atoms with Crippen LogP contribution >= 0.6 is 0 Å². The second-order valence-corrected chi connectivity index (χ2v) is 7.41. The fourth-order valence-electron chi connectivity index (χ4n) is 2.63. The fourth-order valence-corrected chi connectivity index (χ4v) is 2.63. The highest BCUT2D eigenvalue weighted by Gasteiger charge is 2.32. The summed E-state index contributed by atoms with van der Waals surface area (Å²) < 4.78 is 12.1. The van der Waals surface area contributed by atoms with Crippen LogP contribution in [0.15, 0.2) is 18.2 Å². The third kappa shape index (κ3) is 4.37. The van der Waals surface area contributed by atoms with E-state index in [0.717, 1.165) is 37.4 Å². The van der Waals surface area contributed by atoms with Gasteiger partial charge < -0.3 is 14.8 Å². The van der Waals surface area contributed by atoms with Crippen LogP contribution in [-0.2, 0) is 6.42 Å². The van der Waals surface area contributed by atoms with Crippen molar-refractivity contribution in [2.45, 2.75) is 53.1 Å².